The zero-order valence-corrected chi connectivity index (χ0v) is 22.2. The van der Waals surface area contributed by atoms with Crippen LogP contribution in [0.4, 0.5) is 0 Å². The van der Waals surface area contributed by atoms with Crippen LogP contribution >= 0.6 is 0 Å². The molecule has 0 bridgehead atoms. The number of hydrogen-bond donors (Lipinski definition) is 0. The molecule has 0 aromatic heterocycles. The topological polar surface area (TPSA) is 77.5 Å². The first-order chi connectivity index (χ1) is 13.8. The minimum Gasteiger partial charge on any atom is -0.460 e. The highest BCUT2D eigenvalue weighted by Crippen LogP contribution is 2.46. The Hall–Kier alpha value is -1.74. The smallest absolute Gasteiger partial charge is 0.313 e. The summed E-state index contributed by atoms with van der Waals surface area (Å²) in [6, 6.07) is 0. The largest absolute Gasteiger partial charge is 0.460 e. The SMILES string of the molecule is CC(C)[Si](C#C[C@@]1(C(=O)CC(=O)OC(C)(C)C)CC(=O)C(C)(C)C1=O)(C(C)C)C(C)C. The molecule has 0 aliphatic heterocycles. The summed E-state index contributed by atoms with van der Waals surface area (Å²) in [7, 11) is -2.26. The lowest BCUT2D eigenvalue weighted by atomic mass is 9.76. The molecule has 1 rings (SSSR count). The van der Waals surface area contributed by atoms with Crippen molar-refractivity contribution in [3.8, 4) is 11.5 Å². The van der Waals surface area contributed by atoms with Crippen LogP contribution in [0.2, 0.25) is 16.6 Å². The fraction of sp³-hybridized carbons (Fsp3) is 0.760. The van der Waals surface area contributed by atoms with Gasteiger partial charge >= 0.3 is 5.97 Å². The van der Waals surface area contributed by atoms with E-state index in [0.29, 0.717) is 16.6 Å². The van der Waals surface area contributed by atoms with E-state index >= 15 is 0 Å². The summed E-state index contributed by atoms with van der Waals surface area (Å²) >= 11 is 0. The Morgan fingerprint density at radius 1 is 1.00 bits per heavy atom. The molecular formula is C25H40O5Si. The number of carbonyl (C=O) groups is 4. The van der Waals surface area contributed by atoms with Crippen LogP contribution in [-0.4, -0.2) is 37.0 Å². The van der Waals surface area contributed by atoms with E-state index in [1.807, 2.05) is 0 Å². The maximum absolute atomic E-state index is 13.4. The van der Waals surface area contributed by atoms with Gasteiger partial charge in [0, 0.05) is 6.42 Å². The number of Topliss-reactive ketones (excluding diaryl/α,β-unsaturated/α-hetero) is 3. The summed E-state index contributed by atoms with van der Waals surface area (Å²) < 4.78 is 5.29. The summed E-state index contributed by atoms with van der Waals surface area (Å²) in [6.45, 7) is 21.1. The van der Waals surface area contributed by atoms with Gasteiger partial charge in [0.25, 0.3) is 0 Å². The van der Waals surface area contributed by atoms with Crippen LogP contribution in [0.3, 0.4) is 0 Å². The van der Waals surface area contributed by atoms with Gasteiger partial charge in [0.15, 0.2) is 17.0 Å². The van der Waals surface area contributed by atoms with Crippen LogP contribution in [0.15, 0.2) is 0 Å². The molecule has 1 saturated carbocycles. The van der Waals surface area contributed by atoms with Gasteiger partial charge in [-0.2, -0.15) is 0 Å². The second-order valence-electron chi connectivity index (χ2n) is 11.3. The van der Waals surface area contributed by atoms with E-state index in [-0.39, 0.29) is 12.2 Å². The molecule has 1 aliphatic rings. The average Bonchev–Trinajstić information content (AvgIpc) is 2.73. The lowest BCUT2D eigenvalue weighted by molar-refractivity contribution is -0.157. The standard InChI is InChI=1S/C25H40O5Si/c1-16(2)31(17(3)4,18(5)6)13-12-25(15-20(27)24(10,11)22(25)29)19(26)14-21(28)30-23(7,8)9/h16-18H,14-15H2,1-11H3/t25-/m0/s1. The van der Waals surface area contributed by atoms with Gasteiger partial charge in [0.05, 0.1) is 5.41 Å². The molecule has 0 aromatic rings. The monoisotopic (exact) mass is 448 g/mol. The molecule has 174 valence electrons. The highest BCUT2D eigenvalue weighted by atomic mass is 28.3. The van der Waals surface area contributed by atoms with E-state index in [9.17, 15) is 19.2 Å². The molecule has 1 atom stereocenters. The molecule has 0 unspecified atom stereocenters. The summed E-state index contributed by atoms with van der Waals surface area (Å²) in [4.78, 5) is 51.9. The van der Waals surface area contributed by atoms with Crippen LogP contribution in [-0.2, 0) is 23.9 Å². The number of ketones is 3. The number of rotatable bonds is 6. The maximum atomic E-state index is 13.4. The molecule has 0 spiro atoms. The molecule has 1 fully saturated rings. The number of esters is 1. The van der Waals surface area contributed by atoms with Gasteiger partial charge in [0.1, 0.15) is 25.9 Å². The lowest BCUT2D eigenvalue weighted by Crippen LogP contribution is -2.45. The Morgan fingerprint density at radius 3 is 1.77 bits per heavy atom. The van der Waals surface area contributed by atoms with Crippen LogP contribution in [0.25, 0.3) is 0 Å². The second kappa shape index (κ2) is 9.01. The fourth-order valence-electron chi connectivity index (χ4n) is 4.91. The molecule has 5 nitrogen and oxygen atoms in total. The zero-order chi connectivity index (χ0) is 24.6. The molecule has 6 heteroatoms. The summed E-state index contributed by atoms with van der Waals surface area (Å²) in [6.07, 6.45) is -0.840. The first kappa shape index (κ1) is 27.3. The van der Waals surface area contributed by atoms with Crippen molar-refractivity contribution in [2.75, 3.05) is 0 Å². The molecule has 1 aliphatic carbocycles. The van der Waals surface area contributed by atoms with Crippen molar-refractivity contribution in [2.45, 2.75) is 111 Å². The molecule has 0 amide bonds. The molecule has 31 heavy (non-hydrogen) atoms. The highest BCUT2D eigenvalue weighted by Gasteiger charge is 2.61. The average molecular weight is 449 g/mol. The van der Waals surface area contributed by atoms with E-state index < -0.39 is 48.5 Å². The van der Waals surface area contributed by atoms with Gasteiger partial charge in [0.2, 0.25) is 0 Å². The predicted molar refractivity (Wildman–Crippen MR) is 125 cm³/mol. The Bertz CT molecular complexity index is 795. The van der Waals surface area contributed by atoms with Crippen LogP contribution in [0, 0.1) is 22.3 Å². The third-order valence-electron chi connectivity index (χ3n) is 6.64. The number of hydrogen-bond acceptors (Lipinski definition) is 5. The second-order valence-corrected chi connectivity index (χ2v) is 16.9. The van der Waals surface area contributed by atoms with Crippen molar-refractivity contribution in [3.05, 3.63) is 0 Å². The third kappa shape index (κ3) is 5.19. The van der Waals surface area contributed by atoms with Crippen molar-refractivity contribution >= 4 is 31.4 Å². The molecule has 0 saturated heterocycles. The van der Waals surface area contributed by atoms with Crippen molar-refractivity contribution in [1.29, 1.82) is 0 Å². The maximum Gasteiger partial charge on any atom is 0.313 e. The van der Waals surface area contributed by atoms with E-state index in [4.69, 9.17) is 4.74 Å². The van der Waals surface area contributed by atoms with Crippen LogP contribution in [0.1, 0.15) is 89.0 Å². The summed E-state index contributed by atoms with van der Waals surface area (Å²) in [5, 5.41) is 0. The quantitative estimate of drug-likeness (QED) is 0.245. The number of carbonyl (C=O) groups excluding carboxylic acids is 4. The predicted octanol–water partition coefficient (Wildman–Crippen LogP) is 5.06. The van der Waals surface area contributed by atoms with Gasteiger partial charge in [-0.1, -0.05) is 47.5 Å². The van der Waals surface area contributed by atoms with Crippen LogP contribution in [0.5, 0.6) is 0 Å². The molecule has 0 N–H and O–H groups in total. The van der Waals surface area contributed by atoms with Crippen molar-refractivity contribution in [3.63, 3.8) is 0 Å². The zero-order valence-electron chi connectivity index (χ0n) is 21.2. The first-order valence-corrected chi connectivity index (χ1v) is 13.5. The lowest BCUT2D eigenvalue weighted by Gasteiger charge is -2.38. The molecule has 0 aromatic carbocycles. The first-order valence-electron chi connectivity index (χ1n) is 11.2. The highest BCUT2D eigenvalue weighted by molar-refractivity contribution is 6.90. The van der Waals surface area contributed by atoms with E-state index in [0.717, 1.165) is 0 Å². The van der Waals surface area contributed by atoms with Gasteiger partial charge in [-0.25, -0.2) is 0 Å². The normalized spacial score (nSPS) is 21.5. The van der Waals surface area contributed by atoms with Gasteiger partial charge in [-0.15, -0.1) is 5.54 Å². The summed E-state index contributed by atoms with van der Waals surface area (Å²) in [5.74, 6) is 0.930. The fourth-order valence-corrected chi connectivity index (χ4v) is 10.2. The minimum atomic E-state index is -2.26. The van der Waals surface area contributed by atoms with Crippen molar-refractivity contribution in [1.82, 2.24) is 0 Å². The van der Waals surface area contributed by atoms with Gasteiger partial charge in [-0.3, -0.25) is 19.2 Å². The summed E-state index contributed by atoms with van der Waals surface area (Å²) in [5.41, 5.74) is 0.545. The van der Waals surface area contributed by atoms with E-state index in [1.165, 1.54) is 0 Å². The Kier molecular flexibility index (Phi) is 7.94. The van der Waals surface area contributed by atoms with Gasteiger partial charge in [-0.05, 0) is 51.2 Å². The van der Waals surface area contributed by atoms with E-state index in [1.54, 1.807) is 34.6 Å². The Labute approximate surface area is 189 Å². The molecule has 0 heterocycles. The Morgan fingerprint density at radius 2 is 1.45 bits per heavy atom. The van der Waals surface area contributed by atoms with E-state index in [2.05, 4.69) is 53.0 Å². The van der Waals surface area contributed by atoms with Crippen molar-refractivity contribution in [2.24, 2.45) is 10.8 Å². The Balaban J connectivity index is 3.61. The van der Waals surface area contributed by atoms with Crippen molar-refractivity contribution < 1.29 is 23.9 Å². The van der Waals surface area contributed by atoms with Gasteiger partial charge < -0.3 is 4.74 Å². The van der Waals surface area contributed by atoms with Crippen LogP contribution < -0.4 is 0 Å². The third-order valence-corrected chi connectivity index (χ3v) is 12.9. The molecule has 0 radical (unpaired) electrons. The minimum absolute atomic E-state index is 0.272. The number of ether oxygens (including phenoxy) is 1. The molecular weight excluding hydrogens is 408 g/mol.